The van der Waals surface area contributed by atoms with Crippen LogP contribution in [0.2, 0.25) is 0 Å². The maximum Gasteiger partial charge on any atom is 0.416 e. The van der Waals surface area contributed by atoms with E-state index in [4.69, 9.17) is 15.7 Å². The fraction of sp³-hybridized carbons (Fsp3) is 0.0714. The van der Waals surface area contributed by atoms with Crippen molar-refractivity contribution in [3.8, 4) is 17.6 Å². The second kappa shape index (κ2) is 5.66. The molecule has 0 spiro atoms. The number of nitrogens with two attached hydrogens (primary N) is 1. The van der Waals surface area contributed by atoms with Gasteiger partial charge in [-0.1, -0.05) is 6.07 Å². The summed E-state index contributed by atoms with van der Waals surface area (Å²) in [5.74, 6) is 0.336. The van der Waals surface area contributed by atoms with Crippen molar-refractivity contribution in [2.24, 2.45) is 0 Å². The van der Waals surface area contributed by atoms with Crippen LogP contribution >= 0.6 is 15.9 Å². The molecule has 0 aliphatic heterocycles. The minimum Gasteiger partial charge on any atom is -0.455 e. The van der Waals surface area contributed by atoms with Crippen molar-refractivity contribution in [3.05, 3.63) is 52.0 Å². The summed E-state index contributed by atoms with van der Waals surface area (Å²) in [6.07, 6.45) is -4.51. The molecule has 2 aromatic rings. The van der Waals surface area contributed by atoms with Crippen molar-refractivity contribution in [1.82, 2.24) is 0 Å². The molecule has 0 atom stereocenters. The third-order valence-corrected chi connectivity index (χ3v) is 3.49. The average Bonchev–Trinajstić information content (AvgIpc) is 2.43. The summed E-state index contributed by atoms with van der Waals surface area (Å²) in [5.41, 5.74) is 4.99. The highest BCUT2D eigenvalue weighted by molar-refractivity contribution is 9.10. The molecule has 0 aliphatic rings. The topological polar surface area (TPSA) is 59.0 Å². The predicted octanol–water partition coefficient (Wildman–Crippen LogP) is 4.71. The van der Waals surface area contributed by atoms with Gasteiger partial charge in [0, 0.05) is 5.69 Å². The molecule has 2 N–H and O–H groups in total. The van der Waals surface area contributed by atoms with Gasteiger partial charge in [0.25, 0.3) is 0 Å². The Labute approximate surface area is 126 Å². The van der Waals surface area contributed by atoms with Crippen molar-refractivity contribution in [1.29, 1.82) is 5.26 Å². The summed E-state index contributed by atoms with van der Waals surface area (Å²) in [6.45, 7) is 0. The highest BCUT2D eigenvalue weighted by Gasteiger charge is 2.31. The summed E-state index contributed by atoms with van der Waals surface area (Å²) in [5, 5.41) is 8.98. The zero-order valence-electron chi connectivity index (χ0n) is 10.4. The van der Waals surface area contributed by atoms with E-state index in [9.17, 15) is 13.2 Å². The first kappa shape index (κ1) is 15.2. The molecule has 0 saturated carbocycles. The molecule has 0 aromatic heterocycles. The van der Waals surface area contributed by atoms with Gasteiger partial charge >= 0.3 is 6.18 Å². The smallest absolute Gasteiger partial charge is 0.416 e. The quantitative estimate of drug-likeness (QED) is 0.792. The Balaban J connectivity index is 2.42. The number of nitrogen functional groups attached to an aromatic ring is 1. The molecule has 21 heavy (non-hydrogen) atoms. The molecule has 0 amide bonds. The van der Waals surface area contributed by atoms with E-state index < -0.39 is 11.7 Å². The van der Waals surface area contributed by atoms with Crippen LogP contribution in [-0.4, -0.2) is 0 Å². The number of hydrogen-bond acceptors (Lipinski definition) is 3. The van der Waals surface area contributed by atoms with Crippen LogP contribution in [0.5, 0.6) is 11.5 Å². The van der Waals surface area contributed by atoms with E-state index in [1.165, 1.54) is 0 Å². The van der Waals surface area contributed by atoms with Crippen molar-refractivity contribution < 1.29 is 17.9 Å². The van der Waals surface area contributed by atoms with Crippen LogP contribution in [0, 0.1) is 11.3 Å². The Morgan fingerprint density at radius 3 is 2.48 bits per heavy atom. The molecule has 0 saturated heterocycles. The average molecular weight is 357 g/mol. The van der Waals surface area contributed by atoms with Crippen molar-refractivity contribution in [3.63, 3.8) is 0 Å². The molecule has 0 fully saturated rings. The Kier molecular flexibility index (Phi) is 4.09. The molecule has 7 heteroatoms. The van der Waals surface area contributed by atoms with Gasteiger partial charge in [-0.15, -0.1) is 0 Å². The van der Waals surface area contributed by atoms with E-state index >= 15 is 0 Å². The van der Waals surface area contributed by atoms with Gasteiger partial charge in [0.05, 0.1) is 15.6 Å². The monoisotopic (exact) mass is 356 g/mol. The third kappa shape index (κ3) is 3.28. The van der Waals surface area contributed by atoms with Gasteiger partial charge in [0.2, 0.25) is 0 Å². The number of rotatable bonds is 2. The highest BCUT2D eigenvalue weighted by atomic mass is 79.9. The second-order valence-corrected chi connectivity index (χ2v) is 4.87. The lowest BCUT2D eigenvalue weighted by atomic mass is 10.1. The highest BCUT2D eigenvalue weighted by Crippen LogP contribution is 2.37. The second-order valence-electron chi connectivity index (χ2n) is 4.08. The summed E-state index contributed by atoms with van der Waals surface area (Å²) < 4.78 is 43.7. The number of ether oxygens (including phenoxy) is 1. The summed E-state index contributed by atoms with van der Waals surface area (Å²) in [7, 11) is 0. The van der Waals surface area contributed by atoms with E-state index in [1.54, 1.807) is 24.3 Å². The first-order valence-corrected chi connectivity index (χ1v) is 6.45. The number of halogens is 4. The molecule has 0 heterocycles. The molecule has 0 radical (unpaired) electrons. The molecule has 2 rings (SSSR count). The van der Waals surface area contributed by atoms with Crippen LogP contribution in [-0.2, 0) is 6.18 Å². The summed E-state index contributed by atoms with van der Waals surface area (Å²) in [4.78, 5) is 0. The Hall–Kier alpha value is -2.20. The van der Waals surface area contributed by atoms with Crippen LogP contribution in [0.4, 0.5) is 18.9 Å². The number of nitriles is 1. The fourth-order valence-electron chi connectivity index (χ4n) is 1.61. The zero-order valence-corrected chi connectivity index (χ0v) is 12.0. The van der Waals surface area contributed by atoms with Gasteiger partial charge < -0.3 is 10.5 Å². The number of alkyl halides is 3. The van der Waals surface area contributed by atoms with E-state index in [0.29, 0.717) is 15.9 Å². The Morgan fingerprint density at radius 1 is 1.14 bits per heavy atom. The number of nitrogens with zero attached hydrogens (tertiary/aromatic N) is 1. The lowest BCUT2D eigenvalue weighted by Gasteiger charge is -2.12. The van der Waals surface area contributed by atoms with Gasteiger partial charge in [0.1, 0.15) is 17.6 Å². The maximum atomic E-state index is 12.6. The van der Waals surface area contributed by atoms with Crippen molar-refractivity contribution in [2.45, 2.75) is 6.18 Å². The van der Waals surface area contributed by atoms with E-state index in [0.717, 1.165) is 18.2 Å². The SMILES string of the molecule is N#Cc1cc(C(F)(F)F)ccc1Oc1cccc(N)c1Br. The fourth-order valence-corrected chi connectivity index (χ4v) is 1.95. The van der Waals surface area contributed by atoms with Gasteiger partial charge in [-0.2, -0.15) is 18.4 Å². The van der Waals surface area contributed by atoms with Crippen LogP contribution in [0.15, 0.2) is 40.9 Å². The minimum atomic E-state index is -4.51. The molecule has 2 aromatic carbocycles. The molecule has 108 valence electrons. The molecule has 0 bridgehead atoms. The normalized spacial score (nSPS) is 11.0. The van der Waals surface area contributed by atoms with Gasteiger partial charge in [-0.25, -0.2) is 0 Å². The largest absolute Gasteiger partial charge is 0.455 e. The van der Waals surface area contributed by atoms with Crippen molar-refractivity contribution >= 4 is 21.6 Å². The molecular weight excluding hydrogens is 349 g/mol. The standard InChI is InChI=1S/C14H8BrF3N2O/c15-13-10(20)2-1-3-12(13)21-11-5-4-9(14(16,17)18)6-8(11)7-19/h1-6H,20H2. The van der Waals surface area contributed by atoms with E-state index in [1.807, 2.05) is 0 Å². The minimum absolute atomic E-state index is 0.0248. The summed E-state index contributed by atoms with van der Waals surface area (Å²) >= 11 is 3.22. The predicted molar refractivity (Wildman–Crippen MR) is 74.8 cm³/mol. The van der Waals surface area contributed by atoms with Gasteiger partial charge in [-0.3, -0.25) is 0 Å². The van der Waals surface area contributed by atoms with Gasteiger partial charge in [0.15, 0.2) is 0 Å². The zero-order chi connectivity index (χ0) is 15.6. The van der Waals surface area contributed by atoms with Crippen molar-refractivity contribution in [2.75, 3.05) is 5.73 Å². The van der Waals surface area contributed by atoms with Gasteiger partial charge in [-0.05, 0) is 46.3 Å². The number of benzene rings is 2. The van der Waals surface area contributed by atoms with Crippen LogP contribution in [0.25, 0.3) is 0 Å². The molecule has 0 aliphatic carbocycles. The molecular formula is C14H8BrF3N2O. The third-order valence-electron chi connectivity index (χ3n) is 2.64. The van der Waals surface area contributed by atoms with Crippen LogP contribution < -0.4 is 10.5 Å². The van der Waals surface area contributed by atoms with E-state index in [-0.39, 0.29) is 11.3 Å². The Morgan fingerprint density at radius 2 is 1.86 bits per heavy atom. The maximum absolute atomic E-state index is 12.6. The first-order valence-electron chi connectivity index (χ1n) is 5.66. The first-order chi connectivity index (χ1) is 9.82. The van der Waals surface area contributed by atoms with E-state index in [2.05, 4.69) is 15.9 Å². The summed E-state index contributed by atoms with van der Waals surface area (Å²) in [6, 6.07) is 9.25. The lowest BCUT2D eigenvalue weighted by Crippen LogP contribution is -2.05. The number of anilines is 1. The van der Waals surface area contributed by atoms with Crippen LogP contribution in [0.1, 0.15) is 11.1 Å². The van der Waals surface area contributed by atoms with Crippen LogP contribution in [0.3, 0.4) is 0 Å². The molecule has 0 unspecified atom stereocenters. The number of hydrogen-bond donors (Lipinski definition) is 1. The lowest BCUT2D eigenvalue weighted by molar-refractivity contribution is -0.137. The Bertz CT molecular complexity index is 723. The molecule has 3 nitrogen and oxygen atoms in total.